The van der Waals surface area contributed by atoms with Crippen LogP contribution in [0.5, 0.6) is 0 Å². The number of ether oxygens (including phenoxy) is 1. The predicted molar refractivity (Wildman–Crippen MR) is 79.9 cm³/mol. The molecule has 0 saturated carbocycles. The average molecular weight is 304 g/mol. The summed E-state index contributed by atoms with van der Waals surface area (Å²) in [7, 11) is 0. The van der Waals surface area contributed by atoms with Crippen LogP contribution in [-0.2, 0) is 9.53 Å². The van der Waals surface area contributed by atoms with Gasteiger partial charge < -0.3 is 9.64 Å². The topological polar surface area (TPSA) is 70.4 Å². The lowest BCUT2D eigenvalue weighted by Gasteiger charge is -2.33. The molecule has 110 valence electrons. The van der Waals surface area contributed by atoms with Crippen LogP contribution in [0, 0.1) is 11.3 Å². The summed E-state index contributed by atoms with van der Waals surface area (Å²) in [5, 5.41) is 8.91. The number of rotatable bonds is 3. The van der Waals surface area contributed by atoms with Gasteiger partial charge in [0.2, 0.25) is 0 Å². The normalized spacial score (nSPS) is 17.9. The van der Waals surface area contributed by atoms with Crippen LogP contribution in [0.15, 0.2) is 24.3 Å². The standard InChI is InChI=1S/C15H16N2O3S/c1-2-20-15(19)13-10-21-7-6-17(13)14(18)12-5-3-4-11(8-12)9-16/h3-5,8,13H,2,6-7,10H2,1H3/t13-/m1/s1. The second-order valence-electron chi connectivity index (χ2n) is 4.53. The van der Waals surface area contributed by atoms with Crippen LogP contribution in [0.3, 0.4) is 0 Å². The Morgan fingerprint density at radius 2 is 2.33 bits per heavy atom. The Hall–Kier alpha value is -2.00. The van der Waals surface area contributed by atoms with Crippen LogP contribution in [0.4, 0.5) is 0 Å². The molecule has 1 atom stereocenters. The molecule has 0 unspecified atom stereocenters. The summed E-state index contributed by atoms with van der Waals surface area (Å²) < 4.78 is 5.04. The molecule has 1 fully saturated rings. The highest BCUT2D eigenvalue weighted by atomic mass is 32.2. The number of hydrogen-bond donors (Lipinski definition) is 0. The molecule has 0 aromatic heterocycles. The summed E-state index contributed by atoms with van der Waals surface area (Å²) in [6, 6.07) is 7.98. The number of benzene rings is 1. The minimum atomic E-state index is -0.554. The van der Waals surface area contributed by atoms with Gasteiger partial charge in [0.25, 0.3) is 5.91 Å². The fraction of sp³-hybridized carbons (Fsp3) is 0.400. The lowest BCUT2D eigenvalue weighted by atomic mass is 10.1. The van der Waals surface area contributed by atoms with Gasteiger partial charge in [0.15, 0.2) is 0 Å². The minimum absolute atomic E-state index is 0.231. The Bertz CT molecular complexity index is 583. The molecule has 5 nitrogen and oxygen atoms in total. The van der Waals surface area contributed by atoms with E-state index in [2.05, 4.69) is 0 Å². The Morgan fingerprint density at radius 3 is 3.05 bits per heavy atom. The van der Waals surface area contributed by atoms with Gasteiger partial charge in [-0.3, -0.25) is 4.79 Å². The summed E-state index contributed by atoms with van der Waals surface area (Å²) >= 11 is 1.63. The molecule has 1 amide bonds. The van der Waals surface area contributed by atoms with Crippen molar-refractivity contribution in [3.05, 3.63) is 35.4 Å². The molecule has 0 aliphatic carbocycles. The van der Waals surface area contributed by atoms with Gasteiger partial charge >= 0.3 is 5.97 Å². The number of carbonyl (C=O) groups is 2. The number of nitrogens with zero attached hydrogens (tertiary/aromatic N) is 2. The van der Waals surface area contributed by atoms with Crippen molar-refractivity contribution in [3.8, 4) is 6.07 Å². The Labute approximate surface area is 127 Å². The average Bonchev–Trinajstić information content (AvgIpc) is 2.54. The van der Waals surface area contributed by atoms with Crippen molar-refractivity contribution in [2.45, 2.75) is 13.0 Å². The van der Waals surface area contributed by atoms with E-state index in [1.807, 2.05) is 6.07 Å². The highest BCUT2D eigenvalue weighted by molar-refractivity contribution is 7.99. The van der Waals surface area contributed by atoms with E-state index in [-0.39, 0.29) is 11.9 Å². The van der Waals surface area contributed by atoms with Gasteiger partial charge in [-0.2, -0.15) is 17.0 Å². The number of thioether (sulfide) groups is 1. The summed E-state index contributed by atoms with van der Waals surface area (Å²) in [6.45, 7) is 2.55. The third kappa shape index (κ3) is 3.56. The van der Waals surface area contributed by atoms with Gasteiger partial charge in [0, 0.05) is 23.6 Å². The fourth-order valence-corrected chi connectivity index (χ4v) is 3.20. The molecule has 21 heavy (non-hydrogen) atoms. The molecule has 1 aromatic rings. The van der Waals surface area contributed by atoms with Crippen molar-refractivity contribution >= 4 is 23.6 Å². The zero-order chi connectivity index (χ0) is 15.2. The molecule has 1 aliphatic heterocycles. The van der Waals surface area contributed by atoms with Crippen LogP contribution in [0.25, 0.3) is 0 Å². The summed E-state index contributed by atoms with van der Waals surface area (Å²) in [5.74, 6) is 0.738. The Kier molecular flexibility index (Phi) is 5.23. The number of amides is 1. The first-order valence-corrected chi connectivity index (χ1v) is 7.88. The van der Waals surface area contributed by atoms with E-state index in [1.165, 1.54) is 0 Å². The first-order valence-electron chi connectivity index (χ1n) is 6.73. The number of hydrogen-bond acceptors (Lipinski definition) is 5. The first kappa shape index (κ1) is 15.4. The highest BCUT2D eigenvalue weighted by Gasteiger charge is 2.34. The van der Waals surface area contributed by atoms with E-state index < -0.39 is 6.04 Å². The van der Waals surface area contributed by atoms with Crippen LogP contribution >= 0.6 is 11.8 Å². The summed E-state index contributed by atoms with van der Waals surface area (Å²) in [4.78, 5) is 26.1. The van der Waals surface area contributed by atoms with Crippen LogP contribution < -0.4 is 0 Å². The number of nitriles is 1. The fourth-order valence-electron chi connectivity index (χ4n) is 2.17. The van der Waals surface area contributed by atoms with E-state index in [0.717, 1.165) is 5.75 Å². The van der Waals surface area contributed by atoms with E-state index in [0.29, 0.717) is 30.0 Å². The molecular formula is C15H16N2O3S. The molecule has 0 bridgehead atoms. The lowest BCUT2D eigenvalue weighted by molar-refractivity contribution is -0.147. The minimum Gasteiger partial charge on any atom is -0.464 e. The molecule has 1 heterocycles. The van der Waals surface area contributed by atoms with Crippen LogP contribution in [-0.4, -0.2) is 47.5 Å². The third-order valence-electron chi connectivity index (χ3n) is 3.19. The largest absolute Gasteiger partial charge is 0.464 e. The van der Waals surface area contributed by atoms with Crippen molar-refractivity contribution in [1.82, 2.24) is 4.90 Å². The molecule has 1 aromatic carbocycles. The maximum absolute atomic E-state index is 12.6. The lowest BCUT2D eigenvalue weighted by Crippen LogP contribution is -2.51. The SMILES string of the molecule is CCOC(=O)[C@H]1CSCCN1C(=O)c1cccc(C#N)c1. The molecule has 0 radical (unpaired) electrons. The van der Waals surface area contributed by atoms with Crippen LogP contribution in [0.2, 0.25) is 0 Å². The highest BCUT2D eigenvalue weighted by Crippen LogP contribution is 2.20. The number of carbonyl (C=O) groups excluding carboxylic acids is 2. The predicted octanol–water partition coefficient (Wildman–Crippen LogP) is 1.68. The second kappa shape index (κ2) is 7.14. The maximum Gasteiger partial charge on any atom is 0.329 e. The van der Waals surface area contributed by atoms with E-state index in [4.69, 9.17) is 10.00 Å². The van der Waals surface area contributed by atoms with Crippen molar-refractivity contribution < 1.29 is 14.3 Å². The van der Waals surface area contributed by atoms with Gasteiger partial charge in [-0.1, -0.05) is 6.07 Å². The third-order valence-corrected chi connectivity index (χ3v) is 4.21. The van der Waals surface area contributed by atoms with E-state index >= 15 is 0 Å². The Morgan fingerprint density at radius 1 is 1.52 bits per heavy atom. The Balaban J connectivity index is 2.22. The number of esters is 1. The first-order chi connectivity index (χ1) is 10.2. The van der Waals surface area contributed by atoms with Gasteiger partial charge in [-0.25, -0.2) is 4.79 Å². The monoisotopic (exact) mass is 304 g/mol. The molecule has 6 heteroatoms. The maximum atomic E-state index is 12.6. The van der Waals surface area contributed by atoms with E-state index in [9.17, 15) is 9.59 Å². The zero-order valence-corrected chi connectivity index (χ0v) is 12.6. The quantitative estimate of drug-likeness (QED) is 0.795. The van der Waals surface area contributed by atoms with Crippen molar-refractivity contribution in [1.29, 1.82) is 5.26 Å². The van der Waals surface area contributed by atoms with Gasteiger partial charge in [-0.05, 0) is 25.1 Å². The summed E-state index contributed by atoms with van der Waals surface area (Å²) in [6.07, 6.45) is 0. The molecule has 0 spiro atoms. The molecular weight excluding hydrogens is 288 g/mol. The molecule has 0 N–H and O–H groups in total. The van der Waals surface area contributed by atoms with Crippen LogP contribution in [0.1, 0.15) is 22.8 Å². The van der Waals surface area contributed by atoms with Crippen molar-refractivity contribution in [2.24, 2.45) is 0 Å². The van der Waals surface area contributed by atoms with Crippen molar-refractivity contribution in [3.63, 3.8) is 0 Å². The zero-order valence-electron chi connectivity index (χ0n) is 11.7. The second-order valence-corrected chi connectivity index (χ2v) is 5.68. The van der Waals surface area contributed by atoms with Gasteiger partial charge in [-0.15, -0.1) is 0 Å². The smallest absolute Gasteiger partial charge is 0.329 e. The van der Waals surface area contributed by atoms with Gasteiger partial charge in [0.1, 0.15) is 6.04 Å². The van der Waals surface area contributed by atoms with Crippen molar-refractivity contribution in [2.75, 3.05) is 24.7 Å². The molecule has 1 aliphatic rings. The molecule has 2 rings (SSSR count). The molecule has 1 saturated heterocycles. The van der Waals surface area contributed by atoms with Gasteiger partial charge in [0.05, 0.1) is 18.2 Å². The summed E-state index contributed by atoms with van der Waals surface area (Å²) in [5.41, 5.74) is 0.857. The van der Waals surface area contributed by atoms with E-state index in [1.54, 1.807) is 47.9 Å².